The predicted molar refractivity (Wildman–Crippen MR) is 92.0 cm³/mol. The van der Waals surface area contributed by atoms with Crippen LogP contribution in [0.1, 0.15) is 24.0 Å². The van der Waals surface area contributed by atoms with Gasteiger partial charge in [0, 0.05) is 6.07 Å². The molecule has 0 aromatic heterocycles. The average molecular weight is 362 g/mol. The van der Waals surface area contributed by atoms with E-state index in [-0.39, 0.29) is 57.7 Å². The number of allylic oxidation sites excluding steroid dienone is 2. The van der Waals surface area contributed by atoms with E-state index in [1.54, 1.807) is 0 Å². The zero-order valence-electron chi connectivity index (χ0n) is 14.1. The van der Waals surface area contributed by atoms with E-state index in [0.29, 0.717) is 0 Å². The van der Waals surface area contributed by atoms with Gasteiger partial charge in [0.1, 0.15) is 0 Å². The summed E-state index contributed by atoms with van der Waals surface area (Å²) in [6, 6.07) is 5.80. The number of imide groups is 1. The number of rotatable bonds is 3. The number of nitro groups is 1. The Bertz CT molecular complexity index is 983. The molecule has 0 radical (unpaired) electrons. The third-order valence-electron chi connectivity index (χ3n) is 6.50. The van der Waals surface area contributed by atoms with Gasteiger partial charge in [-0.15, -0.1) is 0 Å². The summed E-state index contributed by atoms with van der Waals surface area (Å²) in [7, 11) is 0. The monoisotopic (exact) mass is 362 g/mol. The van der Waals surface area contributed by atoms with Crippen LogP contribution in [-0.2, 0) is 9.59 Å². The Kier molecular flexibility index (Phi) is 3.00. The van der Waals surface area contributed by atoms with Gasteiger partial charge in [-0.3, -0.25) is 19.7 Å². The number of benzene rings is 1. The van der Waals surface area contributed by atoms with Crippen LogP contribution in [-0.4, -0.2) is 28.0 Å². The molecule has 1 aromatic rings. The molecular weight excluding hydrogens is 348 g/mol. The molecule has 1 heterocycles. The summed E-state index contributed by atoms with van der Waals surface area (Å²) in [6.07, 6.45) is 7.41. The van der Waals surface area contributed by atoms with Gasteiger partial charge in [-0.05, 0) is 42.2 Å². The van der Waals surface area contributed by atoms with Crippen LogP contribution in [0.2, 0.25) is 0 Å². The maximum atomic E-state index is 12.8. The van der Waals surface area contributed by atoms with Gasteiger partial charge in [0.05, 0.1) is 40.2 Å². The van der Waals surface area contributed by atoms with E-state index in [1.165, 1.54) is 12.1 Å². The standard InChI is InChI=1S/C19H14N4O4/c20-8-10-1-2-11(14(7-10)23(26)27)9-21-22-17(24)15-12-3-4-13(16(15)18(22)25)19(12)5-6-19/h1-4,7,9,12-13,15-16H,5-6H2/b21-9-/t12-,13+,15-,16+. The Morgan fingerprint density at radius 1 is 1.22 bits per heavy atom. The number of hydrogen-bond donors (Lipinski definition) is 0. The first-order chi connectivity index (χ1) is 13.0. The minimum Gasteiger partial charge on any atom is -0.272 e. The fourth-order valence-electron chi connectivity index (χ4n) is 5.18. The first kappa shape index (κ1) is 15.9. The largest absolute Gasteiger partial charge is 0.279 e. The zero-order chi connectivity index (χ0) is 18.9. The summed E-state index contributed by atoms with van der Waals surface area (Å²) in [5.41, 5.74) is 0.105. The summed E-state index contributed by atoms with van der Waals surface area (Å²) < 4.78 is 0. The molecule has 134 valence electrons. The quantitative estimate of drug-likeness (QED) is 0.268. The van der Waals surface area contributed by atoms with E-state index in [2.05, 4.69) is 17.3 Å². The number of nitriles is 1. The van der Waals surface area contributed by atoms with Crippen molar-refractivity contribution in [2.45, 2.75) is 12.8 Å². The lowest BCUT2D eigenvalue weighted by Gasteiger charge is -2.18. The topological polar surface area (TPSA) is 117 Å². The van der Waals surface area contributed by atoms with Crippen molar-refractivity contribution >= 4 is 23.7 Å². The molecule has 2 bridgehead atoms. The Balaban J connectivity index is 1.45. The van der Waals surface area contributed by atoms with E-state index >= 15 is 0 Å². The highest BCUT2D eigenvalue weighted by Crippen LogP contribution is 2.73. The molecular formula is C19H14N4O4. The van der Waals surface area contributed by atoms with Crippen LogP contribution in [0.15, 0.2) is 35.5 Å². The summed E-state index contributed by atoms with van der Waals surface area (Å²) in [4.78, 5) is 36.3. The molecule has 0 N–H and O–H groups in total. The van der Waals surface area contributed by atoms with E-state index < -0.39 is 4.92 Å². The van der Waals surface area contributed by atoms with E-state index in [4.69, 9.17) is 5.26 Å². The van der Waals surface area contributed by atoms with Crippen LogP contribution in [0.25, 0.3) is 0 Å². The highest BCUT2D eigenvalue weighted by Gasteiger charge is 2.73. The average Bonchev–Trinajstić information content (AvgIpc) is 3.26. The zero-order valence-corrected chi connectivity index (χ0v) is 14.1. The van der Waals surface area contributed by atoms with Crippen LogP contribution in [0.5, 0.6) is 0 Å². The first-order valence-corrected chi connectivity index (χ1v) is 8.76. The van der Waals surface area contributed by atoms with Crippen molar-refractivity contribution in [3.05, 3.63) is 51.6 Å². The molecule has 3 fully saturated rings. The Morgan fingerprint density at radius 2 is 1.85 bits per heavy atom. The van der Waals surface area contributed by atoms with Crippen molar-refractivity contribution in [2.24, 2.45) is 34.2 Å². The molecule has 1 aromatic carbocycles. The van der Waals surface area contributed by atoms with Crippen LogP contribution in [0.3, 0.4) is 0 Å². The van der Waals surface area contributed by atoms with Crippen molar-refractivity contribution in [1.82, 2.24) is 5.01 Å². The smallest absolute Gasteiger partial charge is 0.272 e. The third kappa shape index (κ3) is 1.94. The van der Waals surface area contributed by atoms with Crippen LogP contribution < -0.4 is 0 Å². The lowest BCUT2D eigenvalue weighted by atomic mass is 9.85. The normalized spacial score (nSPS) is 31.7. The number of carbonyl (C=O) groups excluding carboxylic acids is 2. The number of hydrazone groups is 1. The third-order valence-corrected chi connectivity index (χ3v) is 6.50. The maximum Gasteiger partial charge on any atom is 0.279 e. The lowest BCUT2D eigenvalue weighted by molar-refractivity contribution is -0.385. The van der Waals surface area contributed by atoms with Gasteiger partial charge in [-0.1, -0.05) is 12.2 Å². The number of carbonyl (C=O) groups is 2. The number of nitro benzene ring substituents is 1. The highest BCUT2D eigenvalue weighted by molar-refractivity contribution is 6.07. The van der Waals surface area contributed by atoms with Gasteiger partial charge in [0.25, 0.3) is 17.5 Å². The second-order valence-corrected chi connectivity index (χ2v) is 7.60. The molecule has 5 rings (SSSR count). The molecule has 8 heteroatoms. The van der Waals surface area contributed by atoms with Gasteiger partial charge in [0.15, 0.2) is 0 Å². The van der Waals surface area contributed by atoms with Crippen LogP contribution in [0.4, 0.5) is 5.69 Å². The molecule has 2 saturated carbocycles. The van der Waals surface area contributed by atoms with Crippen molar-refractivity contribution < 1.29 is 14.5 Å². The SMILES string of the molecule is N#Cc1ccc(/C=N\N2C(=O)[C@@H]3[C@H](C2=O)[C@H]2C=C[C@@H]3C23CC3)c([N+](=O)[O-])c1. The van der Waals surface area contributed by atoms with Gasteiger partial charge < -0.3 is 0 Å². The minimum absolute atomic E-state index is 0.105. The molecule has 2 amide bonds. The molecule has 1 spiro atoms. The molecule has 1 saturated heterocycles. The van der Waals surface area contributed by atoms with Crippen molar-refractivity contribution in [3.8, 4) is 6.07 Å². The van der Waals surface area contributed by atoms with Gasteiger partial charge in [0.2, 0.25) is 0 Å². The number of nitrogens with zero attached hydrogens (tertiary/aromatic N) is 4. The summed E-state index contributed by atoms with van der Waals surface area (Å²) in [5, 5.41) is 25.0. The van der Waals surface area contributed by atoms with Crippen molar-refractivity contribution in [3.63, 3.8) is 0 Å². The van der Waals surface area contributed by atoms with E-state index in [1.807, 2.05) is 6.07 Å². The lowest BCUT2D eigenvalue weighted by Crippen LogP contribution is -2.30. The number of fused-ring (bicyclic) bond motifs is 3. The highest BCUT2D eigenvalue weighted by atomic mass is 16.6. The number of amides is 2. The molecule has 4 aliphatic rings. The second-order valence-electron chi connectivity index (χ2n) is 7.60. The molecule has 0 unspecified atom stereocenters. The Hall–Kier alpha value is -3.34. The minimum atomic E-state index is -0.619. The van der Waals surface area contributed by atoms with Crippen LogP contribution >= 0.6 is 0 Å². The second kappa shape index (κ2) is 5.10. The Morgan fingerprint density at radius 3 is 2.37 bits per heavy atom. The van der Waals surface area contributed by atoms with Crippen LogP contribution in [0, 0.1) is 50.5 Å². The summed E-state index contributed by atoms with van der Waals surface area (Å²) in [6.45, 7) is 0. The molecule has 3 aliphatic carbocycles. The predicted octanol–water partition coefficient (Wildman–Crippen LogP) is 2.00. The Labute approximate surface area is 153 Å². The molecule has 8 nitrogen and oxygen atoms in total. The summed E-state index contributed by atoms with van der Waals surface area (Å²) in [5.74, 6) is -1.14. The van der Waals surface area contributed by atoms with E-state index in [9.17, 15) is 19.7 Å². The summed E-state index contributed by atoms with van der Waals surface area (Å²) >= 11 is 0. The number of hydrogen-bond acceptors (Lipinski definition) is 6. The molecule has 1 aliphatic heterocycles. The maximum absolute atomic E-state index is 12.8. The van der Waals surface area contributed by atoms with Crippen molar-refractivity contribution in [1.29, 1.82) is 5.26 Å². The van der Waals surface area contributed by atoms with Gasteiger partial charge in [-0.2, -0.15) is 15.4 Å². The van der Waals surface area contributed by atoms with Gasteiger partial charge in [-0.25, -0.2) is 0 Å². The van der Waals surface area contributed by atoms with Crippen molar-refractivity contribution in [2.75, 3.05) is 0 Å². The van der Waals surface area contributed by atoms with Gasteiger partial charge >= 0.3 is 0 Å². The fraction of sp³-hybridized carbons (Fsp3) is 0.368. The fourth-order valence-corrected chi connectivity index (χ4v) is 5.18. The first-order valence-electron chi connectivity index (χ1n) is 8.76. The molecule has 4 atom stereocenters. The molecule has 27 heavy (non-hydrogen) atoms. The van der Waals surface area contributed by atoms with E-state index in [0.717, 1.165) is 30.1 Å².